The van der Waals surface area contributed by atoms with Crippen LogP contribution in [0, 0.1) is 14.9 Å². The minimum atomic E-state index is -0.167. The second-order valence-corrected chi connectivity index (χ2v) is 5.86. The average molecular weight is 370 g/mol. The predicted octanol–water partition coefficient (Wildman–Crippen LogP) is 2.91. The van der Waals surface area contributed by atoms with E-state index in [9.17, 15) is 9.90 Å². The van der Waals surface area contributed by atoms with Crippen molar-refractivity contribution in [1.29, 1.82) is 5.26 Å². The van der Waals surface area contributed by atoms with Crippen molar-refractivity contribution < 1.29 is 9.90 Å². The number of rotatable bonds is 3. The number of benzene rings is 1. The number of halogens is 1. The quantitative estimate of drug-likeness (QED) is 0.657. The lowest BCUT2D eigenvalue weighted by molar-refractivity contribution is 0.0709. The van der Waals surface area contributed by atoms with Crippen molar-refractivity contribution in [3.63, 3.8) is 0 Å². The van der Waals surface area contributed by atoms with Gasteiger partial charge in [0.25, 0.3) is 5.91 Å². The van der Waals surface area contributed by atoms with Crippen molar-refractivity contribution >= 4 is 28.5 Å². The van der Waals surface area contributed by atoms with Crippen LogP contribution >= 0.6 is 22.6 Å². The van der Waals surface area contributed by atoms with E-state index in [1.165, 1.54) is 6.07 Å². The van der Waals surface area contributed by atoms with Gasteiger partial charge in [-0.25, -0.2) is 0 Å². The molecule has 0 unspecified atom stereocenters. The highest BCUT2D eigenvalue weighted by Crippen LogP contribution is 2.26. The minimum Gasteiger partial charge on any atom is -0.507 e. The smallest absolute Gasteiger partial charge is 0.255 e. The first-order chi connectivity index (χ1) is 9.13. The third-order valence-corrected chi connectivity index (χ3v) is 4.37. The monoisotopic (exact) mass is 370 g/mol. The molecule has 0 atom stereocenters. The summed E-state index contributed by atoms with van der Waals surface area (Å²) >= 11 is 2.01. The maximum absolute atomic E-state index is 12.4. The fourth-order valence-corrected chi connectivity index (χ4v) is 2.81. The van der Waals surface area contributed by atoms with Gasteiger partial charge in [-0.15, -0.1) is 0 Å². The Kier molecular flexibility index (Phi) is 4.64. The Balaban J connectivity index is 2.23. The molecule has 1 aromatic carbocycles. The van der Waals surface area contributed by atoms with E-state index >= 15 is 0 Å². The van der Waals surface area contributed by atoms with Gasteiger partial charge in [0, 0.05) is 11.6 Å². The number of aromatic hydroxyl groups is 1. The van der Waals surface area contributed by atoms with Gasteiger partial charge in [0.05, 0.1) is 9.64 Å². The van der Waals surface area contributed by atoms with Crippen molar-refractivity contribution in [1.82, 2.24) is 4.90 Å². The summed E-state index contributed by atoms with van der Waals surface area (Å²) in [5.41, 5.74) is 0.445. The van der Waals surface area contributed by atoms with Crippen LogP contribution in [-0.2, 0) is 0 Å². The van der Waals surface area contributed by atoms with Gasteiger partial charge in [-0.2, -0.15) is 5.26 Å². The Hall–Kier alpha value is -1.29. The number of phenolic OH excluding ortho intramolecular Hbond substituents is 1. The van der Waals surface area contributed by atoms with Crippen LogP contribution in [-0.4, -0.2) is 28.5 Å². The highest BCUT2D eigenvalue weighted by Gasteiger charge is 2.27. The van der Waals surface area contributed by atoms with Crippen LogP contribution in [0.15, 0.2) is 18.2 Å². The summed E-state index contributed by atoms with van der Waals surface area (Å²) in [4.78, 5) is 14.1. The van der Waals surface area contributed by atoms with E-state index in [1.54, 1.807) is 17.0 Å². The van der Waals surface area contributed by atoms with E-state index in [4.69, 9.17) is 5.26 Å². The van der Waals surface area contributed by atoms with E-state index in [0.717, 1.165) is 25.7 Å². The number of nitrogens with zero attached hydrogens (tertiary/aromatic N) is 2. The molecule has 1 fully saturated rings. The molecule has 0 aromatic heterocycles. The molecule has 1 saturated carbocycles. The molecule has 100 valence electrons. The van der Waals surface area contributed by atoms with E-state index in [0.29, 0.717) is 9.13 Å². The molecule has 0 spiro atoms. The van der Waals surface area contributed by atoms with Crippen LogP contribution < -0.4 is 0 Å². The molecule has 1 aliphatic carbocycles. The highest BCUT2D eigenvalue weighted by molar-refractivity contribution is 14.1. The van der Waals surface area contributed by atoms with Gasteiger partial charge in [-0.3, -0.25) is 4.79 Å². The van der Waals surface area contributed by atoms with Gasteiger partial charge >= 0.3 is 0 Å². The Morgan fingerprint density at radius 1 is 1.47 bits per heavy atom. The lowest BCUT2D eigenvalue weighted by Gasteiger charge is -2.26. The van der Waals surface area contributed by atoms with Crippen molar-refractivity contribution in [3.8, 4) is 11.8 Å². The topological polar surface area (TPSA) is 64.3 Å². The zero-order valence-electron chi connectivity index (χ0n) is 10.5. The SMILES string of the molecule is N#CCN(C(=O)c1ccc(I)c(O)c1)C1CCCC1. The number of amides is 1. The Bertz CT molecular complexity index is 519. The zero-order chi connectivity index (χ0) is 13.8. The van der Waals surface area contributed by atoms with E-state index in [1.807, 2.05) is 22.6 Å². The van der Waals surface area contributed by atoms with Crippen LogP contribution in [0.2, 0.25) is 0 Å². The molecule has 19 heavy (non-hydrogen) atoms. The van der Waals surface area contributed by atoms with Crippen molar-refractivity contribution in [3.05, 3.63) is 27.3 Å². The number of hydrogen-bond donors (Lipinski definition) is 1. The summed E-state index contributed by atoms with van der Waals surface area (Å²) in [7, 11) is 0. The number of nitriles is 1. The highest BCUT2D eigenvalue weighted by atomic mass is 127. The van der Waals surface area contributed by atoms with E-state index < -0.39 is 0 Å². The largest absolute Gasteiger partial charge is 0.507 e. The second-order valence-electron chi connectivity index (χ2n) is 4.70. The third-order valence-electron chi connectivity index (χ3n) is 3.46. The Labute approximate surface area is 126 Å². The summed E-state index contributed by atoms with van der Waals surface area (Å²) < 4.78 is 0.710. The first-order valence-electron chi connectivity index (χ1n) is 6.30. The number of hydrogen-bond acceptors (Lipinski definition) is 3. The second kappa shape index (κ2) is 6.24. The van der Waals surface area contributed by atoms with Crippen LogP contribution in [0.5, 0.6) is 5.75 Å². The Morgan fingerprint density at radius 2 is 2.16 bits per heavy atom. The molecule has 0 bridgehead atoms. The first kappa shape index (κ1) is 14.1. The third kappa shape index (κ3) is 3.18. The number of phenols is 1. The molecule has 5 heteroatoms. The van der Waals surface area contributed by atoms with Crippen LogP contribution in [0.25, 0.3) is 0 Å². The maximum Gasteiger partial charge on any atom is 0.255 e. The molecular weight excluding hydrogens is 355 g/mol. The number of carbonyl (C=O) groups excluding carboxylic acids is 1. The molecule has 0 aliphatic heterocycles. The summed E-state index contributed by atoms with van der Waals surface area (Å²) in [6.45, 7) is 0.107. The summed E-state index contributed by atoms with van der Waals surface area (Å²) in [6, 6.07) is 7.11. The molecule has 1 amide bonds. The minimum absolute atomic E-state index is 0.106. The van der Waals surface area contributed by atoms with E-state index in [2.05, 4.69) is 6.07 Å². The van der Waals surface area contributed by atoms with Gasteiger partial charge in [-0.05, 0) is 53.6 Å². The lowest BCUT2D eigenvalue weighted by Crippen LogP contribution is -2.39. The van der Waals surface area contributed by atoms with Gasteiger partial charge in [-0.1, -0.05) is 12.8 Å². The normalized spacial score (nSPS) is 15.2. The van der Waals surface area contributed by atoms with Crippen molar-refractivity contribution in [2.45, 2.75) is 31.7 Å². The fraction of sp³-hybridized carbons (Fsp3) is 0.429. The van der Waals surface area contributed by atoms with Gasteiger partial charge in [0.15, 0.2) is 0 Å². The van der Waals surface area contributed by atoms with Crippen molar-refractivity contribution in [2.24, 2.45) is 0 Å². The van der Waals surface area contributed by atoms with Crippen LogP contribution in [0.4, 0.5) is 0 Å². The van der Waals surface area contributed by atoms with Gasteiger partial charge in [0.2, 0.25) is 0 Å². The van der Waals surface area contributed by atoms with Gasteiger partial charge in [0.1, 0.15) is 12.3 Å². The fourth-order valence-electron chi connectivity index (χ4n) is 2.47. The summed E-state index contributed by atoms with van der Waals surface area (Å²) in [5, 5.41) is 18.6. The predicted molar refractivity (Wildman–Crippen MR) is 79.7 cm³/mol. The standard InChI is InChI=1S/C14H15IN2O2/c15-12-6-5-10(9-13(12)18)14(19)17(8-7-16)11-3-1-2-4-11/h5-6,9,11,18H,1-4,8H2. The van der Waals surface area contributed by atoms with Crippen LogP contribution in [0.3, 0.4) is 0 Å². The molecule has 4 nitrogen and oxygen atoms in total. The van der Waals surface area contributed by atoms with Gasteiger partial charge < -0.3 is 10.0 Å². The van der Waals surface area contributed by atoms with Crippen molar-refractivity contribution in [2.75, 3.05) is 6.54 Å². The molecule has 1 aromatic rings. The lowest BCUT2D eigenvalue weighted by atomic mass is 10.1. The number of carbonyl (C=O) groups is 1. The molecular formula is C14H15IN2O2. The molecule has 0 radical (unpaired) electrons. The Morgan fingerprint density at radius 3 is 2.74 bits per heavy atom. The average Bonchev–Trinajstić information content (AvgIpc) is 2.92. The first-order valence-corrected chi connectivity index (χ1v) is 7.38. The summed E-state index contributed by atoms with van der Waals surface area (Å²) in [5.74, 6) is -0.0603. The maximum atomic E-state index is 12.4. The molecule has 0 heterocycles. The molecule has 1 aliphatic rings. The molecule has 1 N–H and O–H groups in total. The molecule has 2 rings (SSSR count). The molecule has 0 saturated heterocycles. The zero-order valence-corrected chi connectivity index (χ0v) is 12.6. The van der Waals surface area contributed by atoms with E-state index in [-0.39, 0.29) is 24.2 Å². The van der Waals surface area contributed by atoms with Crippen LogP contribution in [0.1, 0.15) is 36.0 Å². The summed E-state index contributed by atoms with van der Waals surface area (Å²) in [6.07, 6.45) is 4.14.